The molecule has 1 aliphatic rings. The van der Waals surface area contributed by atoms with E-state index in [0.717, 1.165) is 5.76 Å². The first-order valence-electron chi connectivity index (χ1n) is 12.1. The fourth-order valence-corrected chi connectivity index (χ4v) is 4.93. The summed E-state index contributed by atoms with van der Waals surface area (Å²) in [6.07, 6.45) is 1.54. The topological polar surface area (TPSA) is 125 Å². The van der Waals surface area contributed by atoms with Gasteiger partial charge in [0.1, 0.15) is 28.7 Å². The molecular formula is C28H27ClN4O5. The number of furan rings is 1. The van der Waals surface area contributed by atoms with Crippen molar-refractivity contribution in [1.82, 2.24) is 4.98 Å². The zero-order valence-electron chi connectivity index (χ0n) is 21.4. The smallest absolute Gasteiger partial charge is 0.262 e. The number of amides is 1. The zero-order valence-corrected chi connectivity index (χ0v) is 22.1. The lowest BCUT2D eigenvalue weighted by atomic mass is 9.85. The summed E-state index contributed by atoms with van der Waals surface area (Å²) in [5.41, 5.74) is 0.178. The Morgan fingerprint density at radius 3 is 2.50 bits per heavy atom. The highest BCUT2D eigenvalue weighted by molar-refractivity contribution is 6.33. The molecule has 0 aliphatic carbocycles. The van der Waals surface area contributed by atoms with Gasteiger partial charge in [-0.05, 0) is 42.7 Å². The van der Waals surface area contributed by atoms with E-state index in [4.69, 9.17) is 16.0 Å². The number of benzene rings is 1. The molecule has 0 saturated carbocycles. The summed E-state index contributed by atoms with van der Waals surface area (Å²) in [7, 11) is 0. The summed E-state index contributed by atoms with van der Waals surface area (Å²) in [6, 6.07) is 9.89. The molecule has 0 spiro atoms. The molecule has 0 fully saturated rings. The van der Waals surface area contributed by atoms with Crippen LogP contribution in [0.1, 0.15) is 59.8 Å². The minimum absolute atomic E-state index is 0.0668. The van der Waals surface area contributed by atoms with E-state index in [1.807, 2.05) is 39.8 Å². The van der Waals surface area contributed by atoms with Gasteiger partial charge >= 0.3 is 0 Å². The Morgan fingerprint density at radius 1 is 1.11 bits per heavy atom. The summed E-state index contributed by atoms with van der Waals surface area (Å²) in [6.45, 7) is 7.69. The maximum atomic E-state index is 13.6. The van der Waals surface area contributed by atoms with Crippen LogP contribution in [-0.2, 0) is 13.2 Å². The molecule has 9 nitrogen and oxygen atoms in total. The molecule has 1 aliphatic heterocycles. The maximum Gasteiger partial charge on any atom is 0.262 e. The molecule has 1 amide bonds. The predicted octanol–water partition coefficient (Wildman–Crippen LogP) is 4.83. The van der Waals surface area contributed by atoms with Gasteiger partial charge in [-0.1, -0.05) is 38.4 Å². The zero-order chi connectivity index (χ0) is 27.4. The van der Waals surface area contributed by atoms with Crippen LogP contribution in [0.4, 0.5) is 22.9 Å². The van der Waals surface area contributed by atoms with Crippen LogP contribution in [0.2, 0.25) is 5.02 Å². The number of halogens is 1. The number of nitrogens with one attached hydrogen (secondary N) is 2. The van der Waals surface area contributed by atoms with Gasteiger partial charge in [-0.25, -0.2) is 4.98 Å². The molecule has 0 bridgehead atoms. The Labute approximate surface area is 223 Å². The van der Waals surface area contributed by atoms with E-state index < -0.39 is 16.9 Å². The standard InChI is InChI=1S/C28H27ClN4O5/c1-14-7-10-19(38-14)25(28(2,3)4)32-22-21(23(35)24(22)36)31-18-9-8-17(29)16-12-33(27(37)20(16)18)26-15(13-34)6-5-11-30-26/h5-11,25,31-32,34H,12-13H2,1-4H3/t25-/m0/s1. The third-order valence-corrected chi connectivity index (χ3v) is 7.05. The van der Waals surface area contributed by atoms with Crippen molar-refractivity contribution in [2.45, 2.75) is 46.9 Å². The van der Waals surface area contributed by atoms with E-state index in [1.165, 1.54) is 4.90 Å². The summed E-state index contributed by atoms with van der Waals surface area (Å²) in [5, 5.41) is 16.4. The van der Waals surface area contributed by atoms with Gasteiger partial charge < -0.3 is 20.2 Å². The average molecular weight is 535 g/mol. The van der Waals surface area contributed by atoms with Crippen LogP contribution < -0.4 is 26.4 Å². The number of carbonyl (C=O) groups excluding carboxylic acids is 1. The van der Waals surface area contributed by atoms with Crippen LogP contribution in [0.3, 0.4) is 0 Å². The lowest BCUT2D eigenvalue weighted by molar-refractivity contribution is 0.0996. The van der Waals surface area contributed by atoms with Crippen LogP contribution in [-0.4, -0.2) is 16.0 Å². The highest BCUT2D eigenvalue weighted by atomic mass is 35.5. The SMILES string of the molecule is Cc1ccc([C@H](Nc2c(Nc3ccc(Cl)c4c3C(=O)N(c3ncccc3CO)C4)c(=O)c2=O)C(C)(C)C)o1. The third-order valence-electron chi connectivity index (χ3n) is 6.69. The number of aliphatic hydroxyl groups excluding tert-OH is 1. The number of aliphatic hydroxyl groups is 1. The number of nitrogens with zero attached hydrogens (tertiary/aromatic N) is 2. The molecule has 4 aromatic rings. The molecule has 0 saturated heterocycles. The predicted molar refractivity (Wildman–Crippen MR) is 146 cm³/mol. The van der Waals surface area contributed by atoms with Crippen LogP contribution >= 0.6 is 11.6 Å². The van der Waals surface area contributed by atoms with Crippen molar-refractivity contribution in [3.8, 4) is 0 Å². The number of aromatic nitrogens is 1. The molecule has 10 heteroatoms. The van der Waals surface area contributed by atoms with E-state index in [-0.39, 0.29) is 41.4 Å². The Hall–Kier alpha value is -3.95. The molecule has 1 atom stereocenters. The van der Waals surface area contributed by atoms with Crippen molar-refractivity contribution < 1.29 is 14.3 Å². The third kappa shape index (κ3) is 4.27. The van der Waals surface area contributed by atoms with Crippen molar-refractivity contribution >= 4 is 40.4 Å². The van der Waals surface area contributed by atoms with Crippen molar-refractivity contribution in [3.63, 3.8) is 0 Å². The Morgan fingerprint density at radius 2 is 1.84 bits per heavy atom. The summed E-state index contributed by atoms with van der Waals surface area (Å²) < 4.78 is 5.83. The largest absolute Gasteiger partial charge is 0.464 e. The van der Waals surface area contributed by atoms with Crippen molar-refractivity contribution in [3.05, 3.63) is 96.3 Å². The molecule has 3 N–H and O–H groups in total. The number of aryl methyl sites for hydroxylation is 1. The van der Waals surface area contributed by atoms with Crippen LogP contribution in [0.25, 0.3) is 0 Å². The maximum absolute atomic E-state index is 13.6. The highest BCUT2D eigenvalue weighted by Gasteiger charge is 2.37. The fraction of sp³-hybridized carbons (Fsp3) is 0.286. The first kappa shape index (κ1) is 25.7. The Bertz CT molecular complexity index is 1630. The van der Waals surface area contributed by atoms with E-state index in [0.29, 0.717) is 33.4 Å². The molecule has 0 radical (unpaired) electrons. The minimum Gasteiger partial charge on any atom is -0.464 e. The van der Waals surface area contributed by atoms with Gasteiger partial charge in [0.15, 0.2) is 0 Å². The first-order valence-corrected chi connectivity index (χ1v) is 12.5. The normalized spacial score (nSPS) is 14.2. The average Bonchev–Trinajstić information content (AvgIpc) is 3.47. The molecule has 196 valence electrons. The van der Waals surface area contributed by atoms with Crippen molar-refractivity contribution in [1.29, 1.82) is 0 Å². The second kappa shape index (κ2) is 9.41. The minimum atomic E-state index is -0.686. The molecule has 5 rings (SSSR count). The molecule has 2 aromatic heterocycles. The molecule has 0 unspecified atom stereocenters. The van der Waals surface area contributed by atoms with Gasteiger partial charge in [-0.3, -0.25) is 19.3 Å². The number of fused-ring (bicyclic) bond motifs is 1. The summed E-state index contributed by atoms with van der Waals surface area (Å²) >= 11 is 6.45. The molecule has 3 heterocycles. The number of anilines is 4. The lowest BCUT2D eigenvalue weighted by Gasteiger charge is -2.31. The molecule has 38 heavy (non-hydrogen) atoms. The van der Waals surface area contributed by atoms with Gasteiger partial charge in [0.05, 0.1) is 30.4 Å². The van der Waals surface area contributed by atoms with Crippen molar-refractivity contribution in [2.75, 3.05) is 15.5 Å². The van der Waals surface area contributed by atoms with E-state index in [2.05, 4.69) is 15.6 Å². The van der Waals surface area contributed by atoms with E-state index in [1.54, 1.807) is 30.5 Å². The fourth-order valence-electron chi connectivity index (χ4n) is 4.71. The van der Waals surface area contributed by atoms with Gasteiger partial charge in [0, 0.05) is 22.3 Å². The van der Waals surface area contributed by atoms with E-state index in [9.17, 15) is 19.5 Å². The van der Waals surface area contributed by atoms with Gasteiger partial charge in [-0.15, -0.1) is 0 Å². The molecular weight excluding hydrogens is 508 g/mol. The Kier molecular flexibility index (Phi) is 6.36. The van der Waals surface area contributed by atoms with Gasteiger partial charge in [0.25, 0.3) is 16.8 Å². The number of carbonyl (C=O) groups is 1. The highest BCUT2D eigenvalue weighted by Crippen LogP contribution is 2.40. The Balaban J connectivity index is 1.50. The second-order valence-corrected chi connectivity index (χ2v) is 10.8. The van der Waals surface area contributed by atoms with Crippen molar-refractivity contribution in [2.24, 2.45) is 5.41 Å². The van der Waals surface area contributed by atoms with Crippen LogP contribution in [0.15, 0.2) is 56.6 Å². The second-order valence-electron chi connectivity index (χ2n) is 10.4. The van der Waals surface area contributed by atoms with Crippen LogP contribution in [0.5, 0.6) is 0 Å². The summed E-state index contributed by atoms with van der Waals surface area (Å²) in [4.78, 5) is 44.6. The number of rotatable bonds is 7. The monoisotopic (exact) mass is 534 g/mol. The lowest BCUT2D eigenvalue weighted by Crippen LogP contribution is -2.39. The van der Waals surface area contributed by atoms with E-state index >= 15 is 0 Å². The molecule has 2 aromatic carbocycles. The number of pyridine rings is 1. The van der Waals surface area contributed by atoms with Gasteiger partial charge in [-0.2, -0.15) is 0 Å². The first-order chi connectivity index (χ1) is 18.0. The van der Waals surface area contributed by atoms with Gasteiger partial charge in [0.2, 0.25) is 0 Å². The quantitative estimate of drug-likeness (QED) is 0.288. The van der Waals surface area contributed by atoms with Crippen LogP contribution in [0, 0.1) is 12.3 Å². The number of hydrogen-bond acceptors (Lipinski definition) is 8. The summed E-state index contributed by atoms with van der Waals surface area (Å²) in [5.74, 6) is 1.32. The number of hydrogen-bond donors (Lipinski definition) is 3.